The van der Waals surface area contributed by atoms with Gasteiger partial charge < -0.3 is 9.88 Å². The summed E-state index contributed by atoms with van der Waals surface area (Å²) in [6, 6.07) is 1.29. The van der Waals surface area contributed by atoms with Crippen LogP contribution < -0.4 is 5.14 Å². The lowest BCUT2D eigenvalue weighted by atomic mass is 9.85. The minimum Gasteiger partial charge on any atom is -0.356 e. The van der Waals surface area contributed by atoms with Crippen molar-refractivity contribution in [2.45, 2.75) is 31.1 Å². The van der Waals surface area contributed by atoms with Gasteiger partial charge in [0, 0.05) is 19.3 Å². The highest BCUT2D eigenvalue weighted by Gasteiger charge is 2.24. The smallest absolute Gasteiger partial charge is 0.270 e. The third-order valence-electron chi connectivity index (χ3n) is 3.59. The van der Waals surface area contributed by atoms with Crippen LogP contribution in [0.4, 0.5) is 0 Å². The van der Waals surface area contributed by atoms with Crippen LogP contribution in [0.3, 0.4) is 0 Å². The normalized spacial score (nSPS) is 16.1. The van der Waals surface area contributed by atoms with Gasteiger partial charge in [0.1, 0.15) is 5.69 Å². The number of rotatable bonds is 5. The van der Waals surface area contributed by atoms with E-state index in [-0.39, 0.29) is 16.5 Å². The summed E-state index contributed by atoms with van der Waals surface area (Å²) < 4.78 is 22.3. The summed E-state index contributed by atoms with van der Waals surface area (Å²) in [4.78, 5) is 16.6. The van der Waals surface area contributed by atoms with E-state index in [4.69, 9.17) is 5.14 Å². The van der Waals surface area contributed by atoms with Crippen molar-refractivity contribution in [3.63, 3.8) is 0 Å². The maximum Gasteiger partial charge on any atom is 0.270 e. The molecule has 1 aromatic rings. The second-order valence-electron chi connectivity index (χ2n) is 4.93. The molecule has 0 aromatic carbocycles. The Kier molecular flexibility index (Phi) is 3.96. The number of nitrogens with two attached hydrogens (primary N) is 1. The summed E-state index contributed by atoms with van der Waals surface area (Å²) >= 11 is 0. The topological polar surface area (TPSA) is 96.3 Å². The molecule has 106 valence electrons. The predicted octanol–water partition coefficient (Wildman–Crippen LogP) is 0.924. The number of hydrogen-bond donors (Lipinski definition) is 2. The Morgan fingerprint density at radius 3 is 2.63 bits per heavy atom. The lowest BCUT2D eigenvalue weighted by Crippen LogP contribution is -2.37. The third-order valence-corrected chi connectivity index (χ3v) is 4.48. The van der Waals surface area contributed by atoms with Crippen molar-refractivity contribution < 1.29 is 13.2 Å². The SMILES string of the molecule is CCN(CC1CCC1)C(=O)c1cc(S(N)(=O)=O)c[nH]1. The Morgan fingerprint density at radius 2 is 2.21 bits per heavy atom. The number of amides is 1. The zero-order chi connectivity index (χ0) is 14.0. The Labute approximate surface area is 113 Å². The van der Waals surface area contributed by atoms with Crippen molar-refractivity contribution in [2.24, 2.45) is 11.1 Å². The van der Waals surface area contributed by atoms with Gasteiger partial charge in [-0.2, -0.15) is 0 Å². The molecule has 7 heteroatoms. The van der Waals surface area contributed by atoms with E-state index in [1.54, 1.807) is 4.90 Å². The number of aromatic amines is 1. The van der Waals surface area contributed by atoms with Gasteiger partial charge in [0.2, 0.25) is 10.0 Å². The second-order valence-corrected chi connectivity index (χ2v) is 6.50. The van der Waals surface area contributed by atoms with Gasteiger partial charge in [0.25, 0.3) is 5.91 Å². The van der Waals surface area contributed by atoms with Crippen LogP contribution in [-0.2, 0) is 10.0 Å². The number of hydrogen-bond acceptors (Lipinski definition) is 3. The van der Waals surface area contributed by atoms with Crippen LogP contribution in [-0.4, -0.2) is 37.3 Å². The average Bonchev–Trinajstić information content (AvgIpc) is 2.76. The summed E-state index contributed by atoms with van der Waals surface area (Å²) in [5.74, 6) is 0.404. The molecule has 1 aliphatic rings. The number of H-pyrrole nitrogens is 1. The number of primary sulfonamides is 1. The van der Waals surface area contributed by atoms with Gasteiger partial charge in [-0.05, 0) is 31.7 Å². The highest BCUT2D eigenvalue weighted by Crippen LogP contribution is 2.27. The number of nitrogens with one attached hydrogen (secondary N) is 1. The fraction of sp³-hybridized carbons (Fsp3) is 0.583. The number of nitrogens with zero attached hydrogens (tertiary/aromatic N) is 1. The van der Waals surface area contributed by atoms with Crippen LogP contribution in [0.1, 0.15) is 36.7 Å². The van der Waals surface area contributed by atoms with Crippen LogP contribution >= 0.6 is 0 Å². The second kappa shape index (κ2) is 5.34. The van der Waals surface area contributed by atoms with Crippen LogP contribution in [0.15, 0.2) is 17.2 Å². The van der Waals surface area contributed by atoms with Gasteiger partial charge >= 0.3 is 0 Å². The highest BCUT2D eigenvalue weighted by molar-refractivity contribution is 7.89. The zero-order valence-electron chi connectivity index (χ0n) is 10.9. The van der Waals surface area contributed by atoms with E-state index >= 15 is 0 Å². The van der Waals surface area contributed by atoms with Crippen molar-refractivity contribution in [2.75, 3.05) is 13.1 Å². The van der Waals surface area contributed by atoms with Crippen LogP contribution in [0.2, 0.25) is 0 Å². The standard InChI is InChI=1S/C12H19N3O3S/c1-2-15(8-9-4-3-5-9)12(16)11-6-10(7-14-11)19(13,17)18/h6-7,9,14H,2-5,8H2,1H3,(H2,13,17,18). The van der Waals surface area contributed by atoms with Gasteiger partial charge in [0.05, 0.1) is 4.90 Å². The minimum absolute atomic E-state index is 0.0597. The first-order chi connectivity index (χ1) is 8.91. The lowest BCUT2D eigenvalue weighted by molar-refractivity contribution is 0.0701. The summed E-state index contributed by atoms with van der Waals surface area (Å²) in [6.07, 6.45) is 4.81. The fourth-order valence-corrected chi connectivity index (χ4v) is 2.68. The molecule has 0 aliphatic heterocycles. The number of carbonyl (C=O) groups is 1. The summed E-state index contributed by atoms with van der Waals surface area (Å²) in [6.45, 7) is 3.26. The zero-order valence-corrected chi connectivity index (χ0v) is 11.7. The van der Waals surface area contributed by atoms with E-state index in [9.17, 15) is 13.2 Å². The molecule has 0 atom stereocenters. The molecule has 0 unspecified atom stereocenters. The van der Waals surface area contributed by atoms with Crippen molar-refractivity contribution >= 4 is 15.9 Å². The molecular formula is C12H19N3O3S. The predicted molar refractivity (Wildman–Crippen MR) is 71.1 cm³/mol. The molecule has 0 radical (unpaired) electrons. The summed E-state index contributed by atoms with van der Waals surface area (Å²) in [5, 5.41) is 5.02. The van der Waals surface area contributed by atoms with Crippen LogP contribution in [0, 0.1) is 5.92 Å². The average molecular weight is 285 g/mol. The molecule has 0 bridgehead atoms. The quantitative estimate of drug-likeness (QED) is 0.842. The molecule has 1 aromatic heterocycles. The highest BCUT2D eigenvalue weighted by atomic mass is 32.2. The largest absolute Gasteiger partial charge is 0.356 e. The summed E-state index contributed by atoms with van der Waals surface area (Å²) in [5.41, 5.74) is 0.269. The van der Waals surface area contributed by atoms with E-state index in [1.807, 2.05) is 6.92 Å². The molecule has 19 heavy (non-hydrogen) atoms. The molecule has 2 rings (SSSR count). The first-order valence-corrected chi connectivity index (χ1v) is 7.97. The molecule has 0 spiro atoms. The Bertz CT molecular complexity index is 561. The van der Waals surface area contributed by atoms with Crippen LogP contribution in [0.5, 0.6) is 0 Å². The number of carbonyl (C=O) groups excluding carboxylic acids is 1. The minimum atomic E-state index is -3.77. The first-order valence-electron chi connectivity index (χ1n) is 6.42. The Hall–Kier alpha value is -1.34. The molecule has 1 heterocycles. The maximum absolute atomic E-state index is 12.3. The van der Waals surface area contributed by atoms with Crippen molar-refractivity contribution in [1.82, 2.24) is 9.88 Å². The molecule has 6 nitrogen and oxygen atoms in total. The Morgan fingerprint density at radius 1 is 1.53 bits per heavy atom. The Balaban J connectivity index is 2.10. The molecule has 1 amide bonds. The van der Waals surface area contributed by atoms with Gasteiger partial charge in [0.15, 0.2) is 0 Å². The molecule has 1 fully saturated rings. The maximum atomic E-state index is 12.3. The number of sulfonamides is 1. The van der Waals surface area contributed by atoms with E-state index in [1.165, 1.54) is 18.7 Å². The van der Waals surface area contributed by atoms with E-state index in [2.05, 4.69) is 4.98 Å². The van der Waals surface area contributed by atoms with Crippen molar-refractivity contribution in [3.05, 3.63) is 18.0 Å². The fourth-order valence-electron chi connectivity index (χ4n) is 2.18. The molecule has 3 N–H and O–H groups in total. The van der Waals surface area contributed by atoms with Gasteiger partial charge in [-0.25, -0.2) is 13.6 Å². The summed E-state index contributed by atoms with van der Waals surface area (Å²) in [7, 11) is -3.77. The van der Waals surface area contributed by atoms with Gasteiger partial charge in [-0.3, -0.25) is 4.79 Å². The monoisotopic (exact) mass is 285 g/mol. The molecule has 0 saturated heterocycles. The van der Waals surface area contributed by atoms with Gasteiger partial charge in [-0.15, -0.1) is 0 Å². The molecular weight excluding hydrogens is 266 g/mol. The van der Waals surface area contributed by atoms with Gasteiger partial charge in [-0.1, -0.05) is 6.42 Å². The van der Waals surface area contributed by atoms with Crippen molar-refractivity contribution in [1.29, 1.82) is 0 Å². The first kappa shape index (κ1) is 14.1. The molecule has 1 aliphatic carbocycles. The van der Waals surface area contributed by atoms with Crippen LogP contribution in [0.25, 0.3) is 0 Å². The van der Waals surface area contributed by atoms with E-state index in [0.29, 0.717) is 12.5 Å². The van der Waals surface area contributed by atoms with Crippen molar-refractivity contribution in [3.8, 4) is 0 Å². The number of aromatic nitrogens is 1. The lowest BCUT2D eigenvalue weighted by Gasteiger charge is -2.31. The van der Waals surface area contributed by atoms with E-state index < -0.39 is 10.0 Å². The third kappa shape index (κ3) is 3.16. The van der Waals surface area contributed by atoms with E-state index in [0.717, 1.165) is 19.4 Å². The molecule has 1 saturated carbocycles.